The number of benzene rings is 1. The second-order valence-corrected chi connectivity index (χ2v) is 3.99. The third-order valence-electron chi connectivity index (χ3n) is 2.57. The van der Waals surface area contributed by atoms with E-state index in [9.17, 15) is 0 Å². The van der Waals surface area contributed by atoms with Crippen molar-refractivity contribution in [2.75, 3.05) is 5.73 Å². The summed E-state index contributed by atoms with van der Waals surface area (Å²) < 4.78 is 5.66. The van der Waals surface area contributed by atoms with Crippen LogP contribution in [0.5, 0.6) is 11.6 Å². The highest BCUT2D eigenvalue weighted by atomic mass is 16.5. The highest BCUT2D eigenvalue weighted by molar-refractivity contribution is 5.45. The van der Waals surface area contributed by atoms with Gasteiger partial charge in [0.15, 0.2) is 0 Å². The van der Waals surface area contributed by atoms with Gasteiger partial charge in [0.1, 0.15) is 17.4 Å². The molecule has 0 radical (unpaired) electrons. The van der Waals surface area contributed by atoms with Gasteiger partial charge in [-0.25, -0.2) is 4.98 Å². The molecule has 0 unspecified atom stereocenters. The minimum atomic E-state index is 0.0128. The van der Waals surface area contributed by atoms with Gasteiger partial charge in [0.05, 0.1) is 12.2 Å². The van der Waals surface area contributed by atoms with Gasteiger partial charge in [-0.3, -0.25) is 0 Å². The monoisotopic (exact) mass is 245 g/mol. The molecule has 0 saturated heterocycles. The van der Waals surface area contributed by atoms with E-state index in [1.807, 2.05) is 6.92 Å². The maximum atomic E-state index is 8.96. The van der Waals surface area contributed by atoms with Crippen LogP contribution in [-0.2, 0) is 6.61 Å². The molecule has 5 heteroatoms. The summed E-state index contributed by atoms with van der Waals surface area (Å²) >= 11 is 0. The van der Waals surface area contributed by atoms with Crippen molar-refractivity contribution in [3.05, 3.63) is 41.2 Å². The molecule has 1 aromatic carbocycles. The Morgan fingerprint density at radius 1 is 1.17 bits per heavy atom. The van der Waals surface area contributed by atoms with Crippen LogP contribution in [0.25, 0.3) is 0 Å². The van der Waals surface area contributed by atoms with Crippen LogP contribution in [0.4, 0.5) is 5.82 Å². The van der Waals surface area contributed by atoms with Crippen molar-refractivity contribution in [3.63, 3.8) is 0 Å². The van der Waals surface area contributed by atoms with Gasteiger partial charge in [-0.05, 0) is 31.5 Å². The molecule has 0 bridgehead atoms. The van der Waals surface area contributed by atoms with E-state index in [4.69, 9.17) is 15.6 Å². The molecule has 1 heterocycles. The molecule has 0 aliphatic rings. The first kappa shape index (κ1) is 12.3. The number of aryl methyl sites for hydroxylation is 1. The molecule has 2 aromatic rings. The minimum Gasteiger partial charge on any atom is -0.439 e. The van der Waals surface area contributed by atoms with Gasteiger partial charge in [-0.1, -0.05) is 12.1 Å². The first-order valence-electron chi connectivity index (χ1n) is 5.58. The number of nitrogens with zero attached hydrogens (tertiary/aromatic N) is 2. The fraction of sp³-hybridized carbons (Fsp3) is 0.231. The van der Waals surface area contributed by atoms with Gasteiger partial charge in [-0.15, -0.1) is 0 Å². The van der Waals surface area contributed by atoms with Crippen LogP contribution in [0.3, 0.4) is 0 Å². The lowest BCUT2D eigenvalue weighted by atomic mass is 10.2. The van der Waals surface area contributed by atoms with Crippen LogP contribution < -0.4 is 10.5 Å². The lowest BCUT2D eigenvalue weighted by Gasteiger charge is -2.10. The summed E-state index contributed by atoms with van der Waals surface area (Å²) in [6.45, 7) is 3.59. The van der Waals surface area contributed by atoms with Crippen molar-refractivity contribution >= 4 is 5.82 Å². The van der Waals surface area contributed by atoms with E-state index in [-0.39, 0.29) is 6.61 Å². The molecular weight excluding hydrogens is 230 g/mol. The molecular formula is C13H15N3O2. The second-order valence-electron chi connectivity index (χ2n) is 3.99. The molecule has 3 N–H and O–H groups in total. The predicted octanol–water partition coefficient (Wildman–Crippen LogP) is 1.96. The van der Waals surface area contributed by atoms with Gasteiger partial charge in [0.2, 0.25) is 5.88 Å². The van der Waals surface area contributed by atoms with Gasteiger partial charge >= 0.3 is 0 Å². The van der Waals surface area contributed by atoms with Crippen LogP contribution in [0.15, 0.2) is 24.3 Å². The lowest BCUT2D eigenvalue weighted by Crippen LogP contribution is -2.02. The van der Waals surface area contributed by atoms with E-state index in [0.29, 0.717) is 28.8 Å². The fourth-order valence-electron chi connectivity index (χ4n) is 1.50. The summed E-state index contributed by atoms with van der Waals surface area (Å²) in [6.07, 6.45) is 0. The van der Waals surface area contributed by atoms with E-state index in [1.54, 1.807) is 31.2 Å². The number of anilines is 1. The molecule has 0 amide bonds. The number of rotatable bonds is 3. The predicted molar refractivity (Wildman–Crippen MR) is 68.4 cm³/mol. The Hall–Kier alpha value is -2.14. The fourth-order valence-corrected chi connectivity index (χ4v) is 1.50. The number of nitrogens with two attached hydrogens (primary N) is 1. The van der Waals surface area contributed by atoms with Crippen molar-refractivity contribution in [1.82, 2.24) is 9.97 Å². The van der Waals surface area contributed by atoms with E-state index in [1.165, 1.54) is 0 Å². The molecule has 0 aliphatic heterocycles. The Morgan fingerprint density at radius 2 is 1.83 bits per heavy atom. The maximum absolute atomic E-state index is 8.96. The molecule has 0 saturated carbocycles. The molecule has 94 valence electrons. The zero-order valence-electron chi connectivity index (χ0n) is 10.3. The number of nitrogen functional groups attached to an aromatic ring is 1. The van der Waals surface area contributed by atoms with Crippen LogP contribution in [-0.4, -0.2) is 15.1 Å². The summed E-state index contributed by atoms with van der Waals surface area (Å²) in [5.41, 5.74) is 7.30. The van der Waals surface area contributed by atoms with Gasteiger partial charge < -0.3 is 15.6 Å². The van der Waals surface area contributed by atoms with Crippen LogP contribution >= 0.6 is 0 Å². The van der Waals surface area contributed by atoms with Gasteiger partial charge in [-0.2, -0.15) is 4.98 Å². The number of aliphatic hydroxyl groups excluding tert-OH is 1. The van der Waals surface area contributed by atoms with E-state index >= 15 is 0 Å². The third-order valence-corrected chi connectivity index (χ3v) is 2.57. The summed E-state index contributed by atoms with van der Waals surface area (Å²) in [5, 5.41) is 8.96. The Bertz CT molecular complexity index is 553. The first-order chi connectivity index (χ1) is 8.60. The van der Waals surface area contributed by atoms with Gasteiger partial charge in [0.25, 0.3) is 0 Å². The summed E-state index contributed by atoms with van der Waals surface area (Å²) in [7, 11) is 0. The van der Waals surface area contributed by atoms with E-state index < -0.39 is 0 Å². The normalized spacial score (nSPS) is 10.4. The summed E-state index contributed by atoms with van der Waals surface area (Å²) in [6, 6.07) is 7.14. The highest BCUT2D eigenvalue weighted by Gasteiger charge is 2.08. The standard InChI is InChI=1S/C13H15N3O2/c1-8-12(14)15-9(2)16-13(8)18-11-5-3-10(7-17)4-6-11/h3-6,17H,7H2,1-2H3,(H2,14,15,16). The van der Waals surface area contributed by atoms with E-state index in [0.717, 1.165) is 5.56 Å². The topological polar surface area (TPSA) is 81.3 Å². The van der Waals surface area contributed by atoms with E-state index in [2.05, 4.69) is 9.97 Å². The van der Waals surface area contributed by atoms with Gasteiger partial charge in [0, 0.05) is 0 Å². The van der Waals surface area contributed by atoms with Crippen molar-refractivity contribution < 1.29 is 9.84 Å². The maximum Gasteiger partial charge on any atom is 0.227 e. The van der Waals surface area contributed by atoms with Crippen LogP contribution in [0, 0.1) is 13.8 Å². The minimum absolute atomic E-state index is 0.0128. The number of aliphatic hydroxyl groups is 1. The zero-order chi connectivity index (χ0) is 13.1. The Morgan fingerprint density at radius 3 is 2.44 bits per heavy atom. The molecule has 0 fully saturated rings. The SMILES string of the molecule is Cc1nc(N)c(C)c(Oc2ccc(CO)cc2)n1. The molecule has 5 nitrogen and oxygen atoms in total. The highest BCUT2D eigenvalue weighted by Crippen LogP contribution is 2.25. The lowest BCUT2D eigenvalue weighted by molar-refractivity contribution is 0.281. The van der Waals surface area contributed by atoms with Crippen molar-refractivity contribution in [3.8, 4) is 11.6 Å². The smallest absolute Gasteiger partial charge is 0.227 e. The van der Waals surface area contributed by atoms with Crippen molar-refractivity contribution in [2.24, 2.45) is 0 Å². The Balaban J connectivity index is 2.27. The number of ether oxygens (including phenoxy) is 1. The number of hydrogen-bond acceptors (Lipinski definition) is 5. The number of aromatic nitrogens is 2. The van der Waals surface area contributed by atoms with Crippen LogP contribution in [0.2, 0.25) is 0 Å². The zero-order valence-corrected chi connectivity index (χ0v) is 10.3. The van der Waals surface area contributed by atoms with Crippen molar-refractivity contribution in [1.29, 1.82) is 0 Å². The average molecular weight is 245 g/mol. The average Bonchev–Trinajstić information content (AvgIpc) is 2.36. The second kappa shape index (κ2) is 5.01. The Labute approximate surface area is 105 Å². The molecule has 0 spiro atoms. The Kier molecular flexibility index (Phi) is 3.43. The summed E-state index contributed by atoms with van der Waals surface area (Å²) in [5.74, 6) is 2.09. The van der Waals surface area contributed by atoms with Crippen molar-refractivity contribution in [2.45, 2.75) is 20.5 Å². The molecule has 1 aromatic heterocycles. The first-order valence-corrected chi connectivity index (χ1v) is 5.58. The molecule has 2 rings (SSSR count). The largest absolute Gasteiger partial charge is 0.439 e. The third kappa shape index (κ3) is 2.57. The quantitative estimate of drug-likeness (QED) is 0.863. The number of hydrogen-bond donors (Lipinski definition) is 2. The molecule has 18 heavy (non-hydrogen) atoms. The summed E-state index contributed by atoms with van der Waals surface area (Å²) in [4.78, 5) is 8.27. The van der Waals surface area contributed by atoms with Crippen LogP contribution in [0.1, 0.15) is 17.0 Å². The molecule has 0 aliphatic carbocycles. The molecule has 0 atom stereocenters.